The maximum Gasteiger partial charge on any atom is 0.223 e. The smallest absolute Gasteiger partial charge is 0.223 e. The summed E-state index contributed by atoms with van der Waals surface area (Å²) in [6.45, 7) is 2.34. The molecule has 0 saturated heterocycles. The fraction of sp³-hybridized carbons (Fsp3) is 0.250. The predicted octanol–water partition coefficient (Wildman–Crippen LogP) is 2.78. The van der Waals surface area contributed by atoms with Crippen LogP contribution >= 0.6 is 15.9 Å². The number of carbonyl (C=O) groups excluding carboxylic acids is 1. The van der Waals surface area contributed by atoms with Gasteiger partial charge in [0.25, 0.3) is 0 Å². The van der Waals surface area contributed by atoms with Crippen molar-refractivity contribution in [3.63, 3.8) is 0 Å². The van der Waals surface area contributed by atoms with Crippen LogP contribution in [0.1, 0.15) is 18.1 Å². The summed E-state index contributed by atoms with van der Waals surface area (Å²) in [6.07, 6.45) is 2.77. The van der Waals surface area contributed by atoms with E-state index in [2.05, 4.69) is 28.1 Å². The Bertz CT molecular complexity index is 425. The van der Waals surface area contributed by atoms with Gasteiger partial charge in [-0.25, -0.2) is 0 Å². The summed E-state index contributed by atoms with van der Waals surface area (Å²) in [5.74, 6) is 0.0831. The minimum absolute atomic E-state index is 0.0831. The van der Waals surface area contributed by atoms with Crippen LogP contribution in [0.2, 0.25) is 0 Å². The van der Waals surface area contributed by atoms with Gasteiger partial charge >= 0.3 is 0 Å². The number of amides is 1. The van der Waals surface area contributed by atoms with E-state index in [9.17, 15) is 4.79 Å². The minimum Gasteiger partial charge on any atom is -0.318 e. The number of hydrogen-bond acceptors (Lipinski definition) is 1. The molecule has 0 radical (unpaired) electrons. The molecule has 2 rings (SSSR count). The Morgan fingerprint density at radius 1 is 1.40 bits per heavy atom. The predicted molar refractivity (Wildman–Crippen MR) is 64.4 cm³/mol. The second kappa shape index (κ2) is 4.19. The molecule has 1 heterocycles. The third-order valence-corrected chi connectivity index (χ3v) is 3.20. The molecule has 0 unspecified atom stereocenters. The average Bonchev–Trinajstić information content (AvgIpc) is 2.39. The first-order chi connectivity index (χ1) is 7.18. The maximum absolute atomic E-state index is 11.3. The van der Waals surface area contributed by atoms with Crippen LogP contribution in [0.4, 0.5) is 0 Å². The first-order valence-corrected chi connectivity index (χ1v) is 5.70. The summed E-state index contributed by atoms with van der Waals surface area (Å²) in [6, 6.07) is 8.22. The van der Waals surface area contributed by atoms with Crippen molar-refractivity contribution in [2.75, 3.05) is 6.54 Å². The third-order valence-electron chi connectivity index (χ3n) is 2.57. The molecule has 0 aromatic heterocycles. The normalized spacial score (nSPS) is 15.3. The fourth-order valence-electron chi connectivity index (χ4n) is 1.73. The zero-order chi connectivity index (χ0) is 10.8. The van der Waals surface area contributed by atoms with Crippen molar-refractivity contribution in [2.24, 2.45) is 0 Å². The average molecular weight is 266 g/mol. The summed E-state index contributed by atoms with van der Waals surface area (Å²) in [5.41, 5.74) is 2.46. The molecule has 0 fully saturated rings. The molecule has 3 heteroatoms. The maximum atomic E-state index is 11.3. The highest BCUT2D eigenvalue weighted by atomic mass is 79.9. The van der Waals surface area contributed by atoms with Gasteiger partial charge in [0.15, 0.2) is 0 Å². The van der Waals surface area contributed by atoms with Crippen LogP contribution < -0.4 is 0 Å². The molecule has 78 valence electrons. The van der Waals surface area contributed by atoms with E-state index in [1.54, 1.807) is 11.8 Å². The first-order valence-electron chi connectivity index (χ1n) is 4.91. The van der Waals surface area contributed by atoms with Gasteiger partial charge in [-0.15, -0.1) is 0 Å². The molecule has 0 saturated carbocycles. The minimum atomic E-state index is 0.0831. The molecule has 1 aromatic rings. The molecule has 2 nitrogen and oxygen atoms in total. The molecular weight excluding hydrogens is 254 g/mol. The third kappa shape index (κ3) is 2.12. The zero-order valence-corrected chi connectivity index (χ0v) is 10.1. The van der Waals surface area contributed by atoms with E-state index in [0.717, 1.165) is 17.4 Å². The summed E-state index contributed by atoms with van der Waals surface area (Å²) in [7, 11) is 0. The summed E-state index contributed by atoms with van der Waals surface area (Å²) < 4.78 is 0.978. The Morgan fingerprint density at radius 3 is 2.87 bits per heavy atom. The number of fused-ring (bicyclic) bond motifs is 1. The van der Waals surface area contributed by atoms with Gasteiger partial charge in [-0.05, 0) is 33.5 Å². The number of hydrogen-bond donors (Lipinski definition) is 0. The molecule has 0 atom stereocenters. The Hall–Kier alpha value is -1.09. The molecule has 0 bridgehead atoms. The molecule has 15 heavy (non-hydrogen) atoms. The highest BCUT2D eigenvalue weighted by Crippen LogP contribution is 2.28. The van der Waals surface area contributed by atoms with Crippen molar-refractivity contribution in [3.8, 4) is 0 Å². The molecule has 1 aromatic carbocycles. The van der Waals surface area contributed by atoms with Gasteiger partial charge in [0, 0.05) is 24.2 Å². The zero-order valence-electron chi connectivity index (χ0n) is 8.53. The number of benzene rings is 1. The van der Waals surface area contributed by atoms with Crippen molar-refractivity contribution in [1.82, 2.24) is 4.90 Å². The van der Waals surface area contributed by atoms with E-state index in [1.165, 1.54) is 11.1 Å². The second-order valence-electron chi connectivity index (χ2n) is 3.60. The number of halogens is 1. The van der Waals surface area contributed by atoms with Crippen LogP contribution in [0.15, 0.2) is 30.5 Å². The van der Waals surface area contributed by atoms with Gasteiger partial charge in [-0.2, -0.15) is 0 Å². The Balaban J connectivity index is 2.41. The van der Waals surface area contributed by atoms with Crippen molar-refractivity contribution >= 4 is 26.3 Å². The highest BCUT2D eigenvalue weighted by molar-refractivity contribution is 9.15. The topological polar surface area (TPSA) is 20.3 Å². The van der Waals surface area contributed by atoms with Crippen LogP contribution in [0.25, 0.3) is 4.48 Å². The van der Waals surface area contributed by atoms with Gasteiger partial charge < -0.3 is 4.90 Å². The lowest BCUT2D eigenvalue weighted by Gasteiger charge is -2.13. The van der Waals surface area contributed by atoms with E-state index in [-0.39, 0.29) is 5.91 Å². The number of rotatable bonds is 0. The first kappa shape index (κ1) is 10.4. The number of carbonyl (C=O) groups is 1. The van der Waals surface area contributed by atoms with Gasteiger partial charge in [0.05, 0.1) is 0 Å². The van der Waals surface area contributed by atoms with Crippen molar-refractivity contribution in [2.45, 2.75) is 13.3 Å². The lowest BCUT2D eigenvalue weighted by Crippen LogP contribution is -2.24. The van der Waals surface area contributed by atoms with Crippen LogP contribution in [-0.4, -0.2) is 17.4 Å². The van der Waals surface area contributed by atoms with Crippen LogP contribution in [0, 0.1) is 0 Å². The fourth-order valence-corrected chi connectivity index (χ4v) is 2.37. The summed E-state index contributed by atoms with van der Waals surface area (Å²) >= 11 is 3.51. The largest absolute Gasteiger partial charge is 0.318 e. The monoisotopic (exact) mass is 265 g/mol. The molecule has 1 aliphatic heterocycles. The Labute approximate surface area is 97.7 Å². The molecular formula is C12H12BrNO. The lowest BCUT2D eigenvalue weighted by molar-refractivity contribution is -0.126. The van der Waals surface area contributed by atoms with Crippen LogP contribution in [0.3, 0.4) is 0 Å². The van der Waals surface area contributed by atoms with Gasteiger partial charge in [0.2, 0.25) is 5.91 Å². The quantitative estimate of drug-likeness (QED) is 0.707. The second-order valence-corrected chi connectivity index (χ2v) is 4.45. The van der Waals surface area contributed by atoms with E-state index in [4.69, 9.17) is 0 Å². The molecule has 0 spiro atoms. The summed E-state index contributed by atoms with van der Waals surface area (Å²) in [4.78, 5) is 13.0. The van der Waals surface area contributed by atoms with Crippen molar-refractivity contribution in [1.29, 1.82) is 0 Å². The van der Waals surface area contributed by atoms with Crippen LogP contribution in [0.5, 0.6) is 0 Å². The van der Waals surface area contributed by atoms with E-state index in [0.29, 0.717) is 0 Å². The highest BCUT2D eigenvalue weighted by Gasteiger charge is 2.14. The van der Waals surface area contributed by atoms with E-state index >= 15 is 0 Å². The van der Waals surface area contributed by atoms with Crippen molar-refractivity contribution in [3.05, 3.63) is 41.6 Å². The van der Waals surface area contributed by atoms with Gasteiger partial charge in [-0.3, -0.25) is 4.79 Å². The summed E-state index contributed by atoms with van der Waals surface area (Å²) in [5, 5.41) is 0. The Kier molecular flexibility index (Phi) is 2.91. The van der Waals surface area contributed by atoms with Gasteiger partial charge in [0.1, 0.15) is 0 Å². The SMILES string of the molecule is CC(=O)N1C=C(Br)c2ccccc2CC1. The van der Waals surface area contributed by atoms with E-state index < -0.39 is 0 Å². The standard InChI is InChI=1S/C12H12BrNO/c1-9(15)14-7-6-10-4-2-3-5-11(10)12(13)8-14/h2-5,8H,6-7H2,1H3. The molecule has 0 N–H and O–H groups in total. The van der Waals surface area contributed by atoms with E-state index in [1.807, 2.05) is 18.3 Å². The molecule has 1 aliphatic rings. The molecule has 1 amide bonds. The lowest BCUT2D eigenvalue weighted by atomic mass is 10.1. The number of nitrogens with zero attached hydrogens (tertiary/aromatic N) is 1. The molecule has 0 aliphatic carbocycles. The Morgan fingerprint density at radius 2 is 2.13 bits per heavy atom. The van der Waals surface area contributed by atoms with Crippen LogP contribution in [-0.2, 0) is 11.2 Å². The van der Waals surface area contributed by atoms with Gasteiger partial charge in [-0.1, -0.05) is 24.3 Å². The van der Waals surface area contributed by atoms with Crippen molar-refractivity contribution < 1.29 is 4.79 Å².